The van der Waals surface area contributed by atoms with Crippen molar-refractivity contribution in [2.75, 3.05) is 19.6 Å². The molecular weight excluding hydrogens is 336 g/mol. The van der Waals surface area contributed by atoms with Gasteiger partial charge in [0, 0.05) is 13.1 Å². The van der Waals surface area contributed by atoms with Crippen molar-refractivity contribution in [2.24, 2.45) is 0 Å². The van der Waals surface area contributed by atoms with E-state index in [1.54, 1.807) is 12.1 Å². The van der Waals surface area contributed by atoms with Crippen molar-refractivity contribution >= 4 is 22.1 Å². The molecule has 24 heavy (non-hydrogen) atoms. The van der Waals surface area contributed by atoms with Crippen LogP contribution in [0.1, 0.15) is 24.3 Å². The minimum atomic E-state index is -3.99. The van der Waals surface area contributed by atoms with Crippen LogP contribution in [0.5, 0.6) is 0 Å². The Balaban J connectivity index is 1.86. The van der Waals surface area contributed by atoms with E-state index < -0.39 is 28.1 Å². The summed E-state index contributed by atoms with van der Waals surface area (Å²) in [7, 11) is -3.99. The zero-order valence-corrected chi connectivity index (χ0v) is 13.6. The van der Waals surface area contributed by atoms with Crippen LogP contribution in [-0.2, 0) is 14.8 Å². The molecule has 130 valence electrons. The Morgan fingerprint density at radius 2 is 1.67 bits per heavy atom. The van der Waals surface area contributed by atoms with E-state index in [2.05, 4.69) is 0 Å². The topological polar surface area (TPSA) is 115 Å². The fourth-order valence-corrected chi connectivity index (χ4v) is 4.46. The zero-order valence-electron chi connectivity index (χ0n) is 12.8. The van der Waals surface area contributed by atoms with Gasteiger partial charge in [-0.3, -0.25) is 4.79 Å². The molecule has 2 fully saturated rings. The van der Waals surface area contributed by atoms with E-state index in [-0.39, 0.29) is 24.5 Å². The standard InChI is InChI=1S/C15H18N2O6S/c18-14(19)13-9-16(15(20)21)7-8-17(13)24(22,23)12-5-3-11(4-6-12)10-1-2-10/h3-6,10,13H,1-2,7-9H2,(H,18,19)(H,20,21)/t13-/m1/s1. The lowest BCUT2D eigenvalue weighted by atomic mass is 10.1. The van der Waals surface area contributed by atoms with E-state index in [1.165, 1.54) is 12.1 Å². The highest BCUT2D eigenvalue weighted by atomic mass is 32.2. The van der Waals surface area contributed by atoms with E-state index in [1.807, 2.05) is 0 Å². The Bertz CT molecular complexity index is 757. The van der Waals surface area contributed by atoms with Crippen molar-refractivity contribution in [2.45, 2.75) is 29.7 Å². The number of hydrogen-bond acceptors (Lipinski definition) is 4. The first-order valence-corrected chi connectivity index (χ1v) is 9.07. The average molecular weight is 354 g/mol. The molecule has 1 aromatic carbocycles. The van der Waals surface area contributed by atoms with Gasteiger partial charge in [-0.15, -0.1) is 0 Å². The summed E-state index contributed by atoms with van der Waals surface area (Å²) < 4.78 is 26.4. The maximum absolute atomic E-state index is 12.8. The number of carboxylic acids is 1. The lowest BCUT2D eigenvalue weighted by molar-refractivity contribution is -0.142. The molecule has 0 spiro atoms. The van der Waals surface area contributed by atoms with Gasteiger partial charge in [-0.25, -0.2) is 13.2 Å². The first-order valence-electron chi connectivity index (χ1n) is 7.63. The highest BCUT2D eigenvalue weighted by Crippen LogP contribution is 2.40. The van der Waals surface area contributed by atoms with Gasteiger partial charge in [0.05, 0.1) is 11.4 Å². The van der Waals surface area contributed by atoms with Gasteiger partial charge in [0.25, 0.3) is 0 Å². The minimum absolute atomic E-state index is 0.0296. The normalized spacial score (nSPS) is 22.3. The third-order valence-corrected chi connectivity index (χ3v) is 6.34. The molecule has 0 bridgehead atoms. The fraction of sp³-hybridized carbons (Fsp3) is 0.467. The number of sulfonamides is 1. The van der Waals surface area contributed by atoms with Crippen molar-refractivity contribution < 1.29 is 28.2 Å². The fourth-order valence-electron chi connectivity index (χ4n) is 2.89. The largest absolute Gasteiger partial charge is 0.480 e. The van der Waals surface area contributed by atoms with E-state index >= 15 is 0 Å². The Hall–Kier alpha value is -2.13. The molecule has 2 aliphatic rings. The maximum atomic E-state index is 12.8. The smallest absolute Gasteiger partial charge is 0.407 e. The van der Waals surface area contributed by atoms with Crippen molar-refractivity contribution in [3.05, 3.63) is 29.8 Å². The monoisotopic (exact) mass is 354 g/mol. The van der Waals surface area contributed by atoms with Gasteiger partial charge in [0.1, 0.15) is 6.04 Å². The van der Waals surface area contributed by atoms with Crippen LogP contribution in [-0.4, -0.2) is 65.6 Å². The van der Waals surface area contributed by atoms with E-state index in [0.717, 1.165) is 27.6 Å². The number of amides is 1. The third kappa shape index (κ3) is 3.09. The van der Waals surface area contributed by atoms with Crippen LogP contribution in [0.4, 0.5) is 4.79 Å². The number of benzene rings is 1. The predicted molar refractivity (Wildman–Crippen MR) is 83.3 cm³/mol. The predicted octanol–water partition coefficient (Wildman–Crippen LogP) is 1.00. The second kappa shape index (κ2) is 6.06. The third-order valence-electron chi connectivity index (χ3n) is 4.42. The van der Waals surface area contributed by atoms with Crippen LogP contribution in [0.3, 0.4) is 0 Å². The van der Waals surface area contributed by atoms with Gasteiger partial charge in [-0.05, 0) is 36.5 Å². The first kappa shape index (κ1) is 16.7. The summed E-state index contributed by atoms with van der Waals surface area (Å²) in [5.41, 5.74) is 1.08. The van der Waals surface area contributed by atoms with E-state index in [4.69, 9.17) is 5.11 Å². The molecule has 1 saturated heterocycles. The summed E-state index contributed by atoms with van der Waals surface area (Å²) in [5.74, 6) is -0.869. The van der Waals surface area contributed by atoms with Crippen LogP contribution in [0, 0.1) is 0 Å². The molecule has 8 nitrogen and oxygen atoms in total. The number of piperazine rings is 1. The van der Waals surface area contributed by atoms with Crippen LogP contribution in [0.25, 0.3) is 0 Å². The molecule has 1 saturated carbocycles. The van der Waals surface area contributed by atoms with Crippen LogP contribution in [0.15, 0.2) is 29.2 Å². The molecule has 1 aliphatic carbocycles. The van der Waals surface area contributed by atoms with Gasteiger partial charge >= 0.3 is 12.1 Å². The van der Waals surface area contributed by atoms with Gasteiger partial charge in [-0.2, -0.15) is 4.31 Å². The molecule has 3 rings (SSSR count). The summed E-state index contributed by atoms with van der Waals surface area (Å²) >= 11 is 0. The van der Waals surface area contributed by atoms with Crippen molar-refractivity contribution in [1.82, 2.24) is 9.21 Å². The zero-order chi connectivity index (χ0) is 17.5. The number of rotatable bonds is 4. The molecule has 1 atom stereocenters. The van der Waals surface area contributed by atoms with Crippen molar-refractivity contribution in [1.29, 1.82) is 0 Å². The molecule has 1 aromatic rings. The molecule has 0 unspecified atom stereocenters. The van der Waals surface area contributed by atoms with Crippen LogP contribution < -0.4 is 0 Å². The van der Waals surface area contributed by atoms with Crippen molar-refractivity contribution in [3.8, 4) is 0 Å². The molecule has 1 amide bonds. The number of carbonyl (C=O) groups is 2. The van der Waals surface area contributed by atoms with Crippen LogP contribution in [0.2, 0.25) is 0 Å². The van der Waals surface area contributed by atoms with E-state index in [0.29, 0.717) is 5.92 Å². The quantitative estimate of drug-likeness (QED) is 0.833. The number of nitrogens with zero attached hydrogens (tertiary/aromatic N) is 2. The Kier molecular flexibility index (Phi) is 4.22. The van der Waals surface area contributed by atoms with Gasteiger partial charge in [0.2, 0.25) is 10.0 Å². The Morgan fingerprint density at radius 3 is 2.17 bits per heavy atom. The molecular formula is C15H18N2O6S. The molecule has 0 aromatic heterocycles. The number of aliphatic carboxylic acids is 1. The van der Waals surface area contributed by atoms with E-state index in [9.17, 15) is 23.1 Å². The first-order chi connectivity index (χ1) is 11.3. The molecule has 2 N–H and O–H groups in total. The Labute approximate surface area is 139 Å². The second-order valence-electron chi connectivity index (χ2n) is 6.04. The molecule has 0 radical (unpaired) electrons. The Morgan fingerprint density at radius 1 is 1.04 bits per heavy atom. The SMILES string of the molecule is O=C(O)[C@H]1CN(C(=O)O)CCN1S(=O)(=O)c1ccc(C2CC2)cc1. The second-order valence-corrected chi connectivity index (χ2v) is 7.93. The minimum Gasteiger partial charge on any atom is -0.480 e. The maximum Gasteiger partial charge on any atom is 0.407 e. The summed E-state index contributed by atoms with van der Waals surface area (Å²) in [6.45, 7) is -0.626. The summed E-state index contributed by atoms with van der Waals surface area (Å²) in [6, 6.07) is 5.07. The summed E-state index contributed by atoms with van der Waals surface area (Å²) in [6.07, 6.45) is 0.946. The summed E-state index contributed by atoms with van der Waals surface area (Å²) in [5, 5.41) is 18.3. The number of hydrogen-bond donors (Lipinski definition) is 2. The van der Waals surface area contributed by atoms with Crippen molar-refractivity contribution in [3.63, 3.8) is 0 Å². The highest BCUT2D eigenvalue weighted by molar-refractivity contribution is 7.89. The van der Waals surface area contributed by atoms with Gasteiger partial charge in [-0.1, -0.05) is 12.1 Å². The molecule has 1 aliphatic heterocycles. The van der Waals surface area contributed by atoms with Gasteiger partial charge in [0.15, 0.2) is 0 Å². The summed E-state index contributed by atoms with van der Waals surface area (Å²) in [4.78, 5) is 23.4. The van der Waals surface area contributed by atoms with Gasteiger partial charge < -0.3 is 15.1 Å². The molecule has 1 heterocycles. The lowest BCUT2D eigenvalue weighted by Crippen LogP contribution is -2.59. The lowest BCUT2D eigenvalue weighted by Gasteiger charge is -2.37. The highest BCUT2D eigenvalue weighted by Gasteiger charge is 2.41. The molecule has 9 heteroatoms. The number of carboxylic acid groups (broad SMARTS) is 2. The van der Waals surface area contributed by atoms with Crippen LogP contribution >= 0.6 is 0 Å². The average Bonchev–Trinajstić information content (AvgIpc) is 3.39.